The Balaban J connectivity index is 2.23. The summed E-state index contributed by atoms with van der Waals surface area (Å²) in [5.74, 6) is 0. The van der Waals surface area contributed by atoms with Gasteiger partial charge in [0.1, 0.15) is 0 Å². The summed E-state index contributed by atoms with van der Waals surface area (Å²) in [6.07, 6.45) is 1.16. The Hall–Kier alpha value is -1.55. The molecule has 0 aliphatic heterocycles. The molecular weight excluding hydrogens is 338 g/mol. The van der Waals surface area contributed by atoms with Crippen LogP contribution in [0.1, 0.15) is 18.5 Å². The van der Waals surface area contributed by atoms with Crippen LogP contribution in [0.2, 0.25) is 4.47 Å². The maximum absolute atomic E-state index is 12.1. The molecule has 1 aromatic carbocycles. The second kappa shape index (κ2) is 6.06. The van der Waals surface area contributed by atoms with Crippen molar-refractivity contribution in [3.63, 3.8) is 0 Å². The van der Waals surface area contributed by atoms with Crippen molar-refractivity contribution >= 4 is 38.6 Å². The molecule has 0 amide bonds. The number of nitrogens with one attached hydrogen (secondary N) is 1. The van der Waals surface area contributed by atoms with Crippen LogP contribution >= 0.6 is 22.9 Å². The second-order valence-corrected chi connectivity index (χ2v) is 7.68. The van der Waals surface area contributed by atoms with Crippen molar-refractivity contribution in [3.05, 3.63) is 50.6 Å². The zero-order valence-electron chi connectivity index (χ0n) is 10.7. The molecule has 1 unspecified atom stereocenters. The van der Waals surface area contributed by atoms with Crippen molar-refractivity contribution in [2.75, 3.05) is 0 Å². The van der Waals surface area contributed by atoms with Crippen LogP contribution in [-0.2, 0) is 10.0 Å². The van der Waals surface area contributed by atoms with E-state index in [4.69, 9.17) is 11.6 Å². The SMILES string of the molecule is CC(NS(=O)(=O)c1cnc(Cl)s1)c1cccc([N+](=O)[O-])c1. The molecule has 112 valence electrons. The smallest absolute Gasteiger partial charge is 0.258 e. The third-order valence-corrected chi connectivity index (χ3v) is 5.75. The number of hydrogen-bond acceptors (Lipinski definition) is 6. The second-order valence-electron chi connectivity index (χ2n) is 4.13. The summed E-state index contributed by atoms with van der Waals surface area (Å²) in [5, 5.41) is 10.7. The third-order valence-electron chi connectivity index (χ3n) is 2.63. The number of hydrogen-bond donors (Lipinski definition) is 1. The lowest BCUT2D eigenvalue weighted by Gasteiger charge is -2.13. The summed E-state index contributed by atoms with van der Waals surface area (Å²) >= 11 is 6.45. The van der Waals surface area contributed by atoms with E-state index in [9.17, 15) is 18.5 Å². The molecule has 0 bridgehead atoms. The molecule has 0 saturated carbocycles. The fraction of sp³-hybridized carbons (Fsp3) is 0.182. The third kappa shape index (κ3) is 3.76. The van der Waals surface area contributed by atoms with Crippen LogP contribution < -0.4 is 4.72 Å². The van der Waals surface area contributed by atoms with Gasteiger partial charge in [0, 0.05) is 18.2 Å². The largest absolute Gasteiger partial charge is 0.269 e. The van der Waals surface area contributed by atoms with Crippen LogP contribution in [0.5, 0.6) is 0 Å². The van der Waals surface area contributed by atoms with E-state index >= 15 is 0 Å². The summed E-state index contributed by atoms with van der Waals surface area (Å²) in [5.41, 5.74) is 0.391. The van der Waals surface area contributed by atoms with E-state index in [1.165, 1.54) is 18.2 Å². The number of rotatable bonds is 5. The molecule has 2 rings (SSSR count). The summed E-state index contributed by atoms with van der Waals surface area (Å²) in [6.45, 7) is 1.60. The van der Waals surface area contributed by atoms with Crippen LogP contribution in [0, 0.1) is 10.1 Å². The Bertz CT molecular complexity index is 775. The molecule has 7 nitrogen and oxygen atoms in total. The number of halogens is 1. The van der Waals surface area contributed by atoms with Crippen molar-refractivity contribution in [1.29, 1.82) is 0 Å². The lowest BCUT2D eigenvalue weighted by Crippen LogP contribution is -2.26. The van der Waals surface area contributed by atoms with Crippen molar-refractivity contribution in [1.82, 2.24) is 9.71 Å². The van der Waals surface area contributed by atoms with E-state index < -0.39 is 21.0 Å². The highest BCUT2D eigenvalue weighted by Gasteiger charge is 2.21. The van der Waals surface area contributed by atoms with Gasteiger partial charge in [0.25, 0.3) is 15.7 Å². The number of nitrogens with zero attached hydrogens (tertiary/aromatic N) is 2. The van der Waals surface area contributed by atoms with Gasteiger partial charge in [-0.2, -0.15) is 0 Å². The van der Waals surface area contributed by atoms with Crippen LogP contribution in [0.15, 0.2) is 34.7 Å². The molecule has 0 saturated heterocycles. The predicted molar refractivity (Wildman–Crippen MR) is 79.0 cm³/mol. The Labute approximate surface area is 129 Å². The zero-order valence-corrected chi connectivity index (χ0v) is 13.1. The van der Waals surface area contributed by atoms with E-state index in [0.29, 0.717) is 5.56 Å². The van der Waals surface area contributed by atoms with Gasteiger partial charge in [-0.1, -0.05) is 35.1 Å². The molecule has 0 fully saturated rings. The normalized spacial score (nSPS) is 13.0. The van der Waals surface area contributed by atoms with E-state index in [0.717, 1.165) is 17.5 Å². The highest BCUT2D eigenvalue weighted by molar-refractivity contribution is 7.91. The van der Waals surface area contributed by atoms with Crippen molar-refractivity contribution in [3.8, 4) is 0 Å². The first-order valence-electron chi connectivity index (χ1n) is 5.67. The maximum atomic E-state index is 12.1. The first kappa shape index (κ1) is 15.8. The van der Waals surface area contributed by atoms with Gasteiger partial charge in [-0.05, 0) is 12.5 Å². The number of thiazole rings is 1. The van der Waals surface area contributed by atoms with E-state index in [1.54, 1.807) is 13.0 Å². The predicted octanol–water partition coefficient (Wildman–Crippen LogP) is 2.74. The standard InChI is InChI=1S/C11H10ClN3O4S2/c1-7(8-3-2-4-9(5-8)15(16)17)14-21(18,19)10-6-13-11(12)20-10/h2-7,14H,1H3. The maximum Gasteiger partial charge on any atom is 0.269 e. The number of sulfonamides is 1. The molecule has 1 N–H and O–H groups in total. The number of nitro groups is 1. The molecule has 0 aliphatic carbocycles. The Morgan fingerprint density at radius 2 is 2.19 bits per heavy atom. The Morgan fingerprint density at radius 1 is 1.48 bits per heavy atom. The van der Waals surface area contributed by atoms with Gasteiger partial charge in [-0.15, -0.1) is 0 Å². The van der Waals surface area contributed by atoms with Gasteiger partial charge < -0.3 is 0 Å². The zero-order chi connectivity index (χ0) is 15.6. The molecule has 21 heavy (non-hydrogen) atoms. The molecular formula is C11H10ClN3O4S2. The van der Waals surface area contributed by atoms with Crippen molar-refractivity contribution in [2.45, 2.75) is 17.2 Å². The molecule has 0 spiro atoms. The summed E-state index contributed by atoms with van der Waals surface area (Å²) in [4.78, 5) is 13.9. The number of benzene rings is 1. The molecule has 0 aliphatic rings. The fourth-order valence-electron chi connectivity index (χ4n) is 1.63. The van der Waals surface area contributed by atoms with E-state index in [-0.39, 0.29) is 14.4 Å². The number of nitro benzene ring substituents is 1. The fourth-order valence-corrected chi connectivity index (χ4v) is 4.17. The van der Waals surface area contributed by atoms with E-state index in [1.807, 2.05) is 0 Å². The Morgan fingerprint density at radius 3 is 2.76 bits per heavy atom. The lowest BCUT2D eigenvalue weighted by atomic mass is 10.1. The highest BCUT2D eigenvalue weighted by atomic mass is 35.5. The lowest BCUT2D eigenvalue weighted by molar-refractivity contribution is -0.384. The van der Waals surface area contributed by atoms with Gasteiger partial charge in [-0.25, -0.2) is 18.1 Å². The average Bonchev–Trinajstić information content (AvgIpc) is 2.86. The molecule has 10 heteroatoms. The van der Waals surface area contributed by atoms with Crippen molar-refractivity contribution in [2.24, 2.45) is 0 Å². The summed E-state index contributed by atoms with van der Waals surface area (Å²) in [7, 11) is -3.77. The van der Waals surface area contributed by atoms with Gasteiger partial charge in [0.2, 0.25) is 0 Å². The molecule has 1 atom stereocenters. The molecule has 1 aromatic heterocycles. The average molecular weight is 348 g/mol. The van der Waals surface area contributed by atoms with Gasteiger partial charge >= 0.3 is 0 Å². The first-order valence-corrected chi connectivity index (χ1v) is 8.35. The minimum Gasteiger partial charge on any atom is -0.258 e. The first-order chi connectivity index (χ1) is 9.79. The molecule has 2 aromatic rings. The summed E-state index contributed by atoms with van der Waals surface area (Å²) in [6, 6.07) is 5.15. The topological polar surface area (TPSA) is 102 Å². The van der Waals surface area contributed by atoms with Gasteiger partial charge in [0.15, 0.2) is 8.68 Å². The quantitative estimate of drug-likeness (QED) is 0.661. The van der Waals surface area contributed by atoms with Crippen LogP contribution in [0.3, 0.4) is 0 Å². The van der Waals surface area contributed by atoms with Crippen LogP contribution in [0.25, 0.3) is 0 Å². The van der Waals surface area contributed by atoms with Crippen molar-refractivity contribution < 1.29 is 13.3 Å². The Kier molecular flexibility index (Phi) is 4.57. The number of aromatic nitrogens is 1. The molecule has 1 heterocycles. The van der Waals surface area contributed by atoms with Crippen LogP contribution in [0.4, 0.5) is 5.69 Å². The van der Waals surface area contributed by atoms with Gasteiger partial charge in [-0.3, -0.25) is 10.1 Å². The van der Waals surface area contributed by atoms with Gasteiger partial charge in [0.05, 0.1) is 11.1 Å². The highest BCUT2D eigenvalue weighted by Crippen LogP contribution is 2.25. The minimum absolute atomic E-state index is 0.00946. The summed E-state index contributed by atoms with van der Waals surface area (Å²) < 4.78 is 26.8. The minimum atomic E-state index is -3.77. The monoisotopic (exact) mass is 347 g/mol. The number of non-ortho nitro benzene ring substituents is 1. The van der Waals surface area contributed by atoms with E-state index in [2.05, 4.69) is 9.71 Å². The van der Waals surface area contributed by atoms with Crippen LogP contribution in [-0.4, -0.2) is 18.3 Å². The molecule has 0 radical (unpaired) electrons.